The van der Waals surface area contributed by atoms with E-state index in [4.69, 9.17) is 0 Å². The zero-order valence-electron chi connectivity index (χ0n) is 13.4. The molecule has 2 aliphatic heterocycles. The lowest BCUT2D eigenvalue weighted by molar-refractivity contribution is 0.0697. The van der Waals surface area contributed by atoms with Gasteiger partial charge in [0.15, 0.2) is 0 Å². The van der Waals surface area contributed by atoms with Gasteiger partial charge in [-0.25, -0.2) is 0 Å². The summed E-state index contributed by atoms with van der Waals surface area (Å²) in [4.78, 5) is 14.5. The number of benzene rings is 1. The lowest BCUT2D eigenvalue weighted by Crippen LogP contribution is -2.37. The number of amides is 1. The SMILES string of the molecule is CC1CCN(C(=O)c2ccc(C3CCNCC3)cc2)CC1.Cl. The molecule has 1 aromatic carbocycles. The molecular formula is C18H27ClN2O. The van der Waals surface area contributed by atoms with Crippen LogP contribution >= 0.6 is 12.4 Å². The zero-order chi connectivity index (χ0) is 14.7. The molecule has 4 heteroatoms. The van der Waals surface area contributed by atoms with E-state index in [-0.39, 0.29) is 18.3 Å². The number of hydrogen-bond donors (Lipinski definition) is 1. The molecular weight excluding hydrogens is 296 g/mol. The first-order valence-corrected chi connectivity index (χ1v) is 8.34. The fourth-order valence-electron chi connectivity index (χ4n) is 3.45. The molecule has 2 saturated heterocycles. The van der Waals surface area contributed by atoms with Crippen molar-refractivity contribution in [2.45, 2.75) is 38.5 Å². The van der Waals surface area contributed by atoms with Gasteiger partial charge in [-0.15, -0.1) is 12.4 Å². The molecule has 22 heavy (non-hydrogen) atoms. The van der Waals surface area contributed by atoms with E-state index in [0.717, 1.165) is 50.5 Å². The Kier molecular flexibility index (Phi) is 6.27. The standard InChI is InChI=1S/C18H26N2O.ClH/c1-14-8-12-20(13-9-14)18(21)17-4-2-15(3-5-17)16-6-10-19-11-7-16;/h2-5,14,16,19H,6-13H2,1H3;1H. The number of nitrogens with one attached hydrogen (secondary N) is 1. The molecule has 1 amide bonds. The van der Waals surface area contributed by atoms with Crippen molar-refractivity contribution in [2.75, 3.05) is 26.2 Å². The minimum Gasteiger partial charge on any atom is -0.339 e. The van der Waals surface area contributed by atoms with Crippen LogP contribution in [0.5, 0.6) is 0 Å². The Morgan fingerprint density at radius 3 is 2.23 bits per heavy atom. The van der Waals surface area contributed by atoms with E-state index in [9.17, 15) is 4.79 Å². The summed E-state index contributed by atoms with van der Waals surface area (Å²) in [6, 6.07) is 8.38. The molecule has 3 rings (SSSR count). The van der Waals surface area contributed by atoms with Crippen molar-refractivity contribution >= 4 is 18.3 Å². The highest BCUT2D eigenvalue weighted by molar-refractivity contribution is 5.94. The fourth-order valence-corrected chi connectivity index (χ4v) is 3.45. The Bertz CT molecular complexity index is 474. The van der Waals surface area contributed by atoms with Crippen molar-refractivity contribution in [3.63, 3.8) is 0 Å². The molecule has 1 aromatic rings. The Hall–Kier alpha value is -1.06. The second-order valence-corrected chi connectivity index (χ2v) is 6.62. The molecule has 1 N–H and O–H groups in total. The number of carbonyl (C=O) groups is 1. The summed E-state index contributed by atoms with van der Waals surface area (Å²) in [5, 5.41) is 3.40. The number of halogens is 1. The highest BCUT2D eigenvalue weighted by Crippen LogP contribution is 2.26. The van der Waals surface area contributed by atoms with Gasteiger partial charge in [0.25, 0.3) is 5.91 Å². The summed E-state index contributed by atoms with van der Waals surface area (Å²) >= 11 is 0. The van der Waals surface area contributed by atoms with Gasteiger partial charge < -0.3 is 10.2 Å². The Morgan fingerprint density at radius 2 is 1.64 bits per heavy atom. The predicted octanol–water partition coefficient (Wildman–Crippen LogP) is 3.45. The monoisotopic (exact) mass is 322 g/mol. The highest BCUT2D eigenvalue weighted by Gasteiger charge is 2.22. The number of piperidine rings is 2. The average Bonchev–Trinajstić information content (AvgIpc) is 2.56. The maximum absolute atomic E-state index is 12.5. The first-order chi connectivity index (χ1) is 10.2. The molecule has 0 atom stereocenters. The molecule has 0 bridgehead atoms. The van der Waals surface area contributed by atoms with Crippen LogP contribution in [0.25, 0.3) is 0 Å². The van der Waals surface area contributed by atoms with Crippen LogP contribution in [-0.2, 0) is 0 Å². The molecule has 0 aliphatic carbocycles. The van der Waals surface area contributed by atoms with Crippen molar-refractivity contribution in [3.8, 4) is 0 Å². The summed E-state index contributed by atoms with van der Waals surface area (Å²) in [6.45, 7) is 6.32. The second kappa shape index (κ2) is 7.98. The zero-order valence-corrected chi connectivity index (χ0v) is 14.2. The third-order valence-electron chi connectivity index (χ3n) is 5.04. The smallest absolute Gasteiger partial charge is 0.253 e. The van der Waals surface area contributed by atoms with Crippen molar-refractivity contribution in [1.82, 2.24) is 10.2 Å². The third-order valence-corrected chi connectivity index (χ3v) is 5.04. The summed E-state index contributed by atoms with van der Waals surface area (Å²) in [6.07, 6.45) is 4.69. The molecule has 0 saturated carbocycles. The second-order valence-electron chi connectivity index (χ2n) is 6.62. The van der Waals surface area contributed by atoms with Crippen LogP contribution in [0.4, 0.5) is 0 Å². The summed E-state index contributed by atoms with van der Waals surface area (Å²) in [5.74, 6) is 1.63. The molecule has 0 spiro atoms. The van der Waals surface area contributed by atoms with E-state index in [1.54, 1.807) is 0 Å². The van der Waals surface area contributed by atoms with Crippen LogP contribution in [0.15, 0.2) is 24.3 Å². The van der Waals surface area contributed by atoms with Crippen molar-refractivity contribution < 1.29 is 4.79 Å². The number of nitrogens with zero attached hydrogens (tertiary/aromatic N) is 1. The van der Waals surface area contributed by atoms with Crippen LogP contribution < -0.4 is 5.32 Å². The molecule has 2 heterocycles. The number of rotatable bonds is 2. The van der Waals surface area contributed by atoms with Gasteiger partial charge in [0.1, 0.15) is 0 Å². The Labute approximate surface area is 139 Å². The lowest BCUT2D eigenvalue weighted by atomic mass is 9.89. The van der Waals surface area contributed by atoms with Gasteiger partial charge in [-0.1, -0.05) is 19.1 Å². The normalized spacial score (nSPS) is 20.5. The number of likely N-dealkylation sites (tertiary alicyclic amines) is 1. The van der Waals surface area contributed by atoms with Gasteiger partial charge in [0.2, 0.25) is 0 Å². The minimum absolute atomic E-state index is 0. The Balaban J connectivity index is 0.00000176. The van der Waals surface area contributed by atoms with Gasteiger partial charge in [-0.05, 0) is 68.3 Å². The van der Waals surface area contributed by atoms with Gasteiger partial charge in [0, 0.05) is 18.7 Å². The molecule has 2 fully saturated rings. The van der Waals surface area contributed by atoms with Crippen molar-refractivity contribution in [1.29, 1.82) is 0 Å². The maximum atomic E-state index is 12.5. The average molecular weight is 323 g/mol. The fraction of sp³-hybridized carbons (Fsp3) is 0.611. The van der Waals surface area contributed by atoms with Gasteiger partial charge in [0.05, 0.1) is 0 Å². The summed E-state index contributed by atoms with van der Waals surface area (Å²) < 4.78 is 0. The van der Waals surface area contributed by atoms with Crippen LogP contribution in [-0.4, -0.2) is 37.0 Å². The number of hydrogen-bond acceptors (Lipinski definition) is 2. The quantitative estimate of drug-likeness (QED) is 0.904. The van der Waals surface area contributed by atoms with Gasteiger partial charge >= 0.3 is 0 Å². The largest absolute Gasteiger partial charge is 0.339 e. The number of carbonyl (C=O) groups excluding carboxylic acids is 1. The van der Waals surface area contributed by atoms with E-state index in [1.165, 1.54) is 18.4 Å². The first-order valence-electron chi connectivity index (χ1n) is 8.34. The van der Waals surface area contributed by atoms with E-state index >= 15 is 0 Å². The predicted molar refractivity (Wildman–Crippen MR) is 92.8 cm³/mol. The van der Waals surface area contributed by atoms with E-state index in [2.05, 4.69) is 24.4 Å². The van der Waals surface area contributed by atoms with E-state index < -0.39 is 0 Å². The Morgan fingerprint density at radius 1 is 1.05 bits per heavy atom. The molecule has 122 valence electrons. The highest BCUT2D eigenvalue weighted by atomic mass is 35.5. The van der Waals surface area contributed by atoms with Crippen LogP contribution in [0.3, 0.4) is 0 Å². The first kappa shape index (κ1) is 17.3. The molecule has 3 nitrogen and oxygen atoms in total. The molecule has 0 unspecified atom stereocenters. The van der Waals surface area contributed by atoms with Crippen molar-refractivity contribution in [2.24, 2.45) is 5.92 Å². The van der Waals surface area contributed by atoms with Crippen LogP contribution in [0, 0.1) is 5.92 Å². The van der Waals surface area contributed by atoms with Crippen LogP contribution in [0.1, 0.15) is 54.4 Å². The van der Waals surface area contributed by atoms with E-state index in [0.29, 0.717) is 5.92 Å². The maximum Gasteiger partial charge on any atom is 0.253 e. The lowest BCUT2D eigenvalue weighted by Gasteiger charge is -2.30. The molecule has 0 aromatic heterocycles. The van der Waals surface area contributed by atoms with E-state index in [1.807, 2.05) is 17.0 Å². The third kappa shape index (κ3) is 4.02. The topological polar surface area (TPSA) is 32.3 Å². The molecule has 0 radical (unpaired) electrons. The molecule has 2 aliphatic rings. The summed E-state index contributed by atoms with van der Waals surface area (Å²) in [5.41, 5.74) is 2.24. The summed E-state index contributed by atoms with van der Waals surface area (Å²) in [7, 11) is 0. The van der Waals surface area contributed by atoms with Gasteiger partial charge in [-0.3, -0.25) is 4.79 Å². The van der Waals surface area contributed by atoms with Crippen LogP contribution in [0.2, 0.25) is 0 Å². The minimum atomic E-state index is 0. The van der Waals surface area contributed by atoms with Gasteiger partial charge in [-0.2, -0.15) is 0 Å². The van der Waals surface area contributed by atoms with Crippen molar-refractivity contribution in [3.05, 3.63) is 35.4 Å².